The van der Waals surface area contributed by atoms with E-state index < -0.39 is 21.9 Å². The monoisotopic (exact) mass is 736 g/mol. The molecule has 2 aliphatic heterocycles. The second kappa shape index (κ2) is 12.8. The molecule has 2 aromatic heterocycles. The Morgan fingerprint density at radius 2 is 1.12 bits per heavy atom. The zero-order chi connectivity index (χ0) is 36.3. The lowest BCUT2D eigenvalue weighted by Crippen LogP contribution is -2.55. The SMILES string of the molecule is CC(C)(C)C(=O)N1CCn2c(nc(-c3ccc(F)cc3)c2Br)C1(C)C.CC(C)(C)C(=O)N1CCn2cc(-c3ccc(F)cc3)nc2C1(C)C. The fraction of sp³-hybridized carbons (Fsp3) is 0.474. The summed E-state index contributed by atoms with van der Waals surface area (Å²) in [4.78, 5) is 39.1. The van der Waals surface area contributed by atoms with Crippen LogP contribution in [0.4, 0.5) is 8.78 Å². The molecule has 0 fully saturated rings. The molecule has 2 amide bonds. The van der Waals surface area contributed by atoms with Crippen molar-refractivity contribution in [3.8, 4) is 22.5 Å². The highest BCUT2D eigenvalue weighted by Crippen LogP contribution is 2.40. The number of fused-ring (bicyclic) bond motifs is 2. The maximum Gasteiger partial charge on any atom is 0.228 e. The molecule has 0 unspecified atom stereocenters. The van der Waals surface area contributed by atoms with Gasteiger partial charge in [-0.2, -0.15) is 0 Å². The van der Waals surface area contributed by atoms with Crippen LogP contribution in [0.5, 0.6) is 0 Å². The molecule has 0 aliphatic carbocycles. The molecular weight excluding hydrogens is 690 g/mol. The second-order valence-corrected chi connectivity index (χ2v) is 16.7. The molecule has 4 heterocycles. The van der Waals surface area contributed by atoms with Crippen molar-refractivity contribution in [3.05, 3.63) is 82.6 Å². The Balaban J connectivity index is 0.000000191. The normalized spacial score (nSPS) is 16.8. The first-order chi connectivity index (χ1) is 22.6. The van der Waals surface area contributed by atoms with Gasteiger partial charge in [0.15, 0.2) is 0 Å². The molecule has 8 nitrogen and oxygen atoms in total. The zero-order valence-electron chi connectivity index (χ0n) is 30.2. The Labute approximate surface area is 296 Å². The molecule has 0 bridgehead atoms. The third-order valence-corrected chi connectivity index (χ3v) is 10.1. The number of aromatic nitrogens is 4. The molecule has 0 radical (unpaired) electrons. The van der Waals surface area contributed by atoms with Gasteiger partial charge >= 0.3 is 0 Å². The van der Waals surface area contributed by atoms with E-state index in [1.54, 1.807) is 24.3 Å². The van der Waals surface area contributed by atoms with Crippen LogP contribution in [0.2, 0.25) is 0 Å². The first-order valence-corrected chi connectivity index (χ1v) is 17.4. The van der Waals surface area contributed by atoms with Gasteiger partial charge in [0, 0.05) is 54.3 Å². The van der Waals surface area contributed by atoms with Crippen molar-refractivity contribution in [2.75, 3.05) is 13.1 Å². The van der Waals surface area contributed by atoms with Gasteiger partial charge < -0.3 is 18.9 Å². The van der Waals surface area contributed by atoms with Crippen molar-refractivity contribution >= 4 is 27.7 Å². The molecule has 0 spiro atoms. The maximum absolute atomic E-state index is 13.2. The molecule has 0 saturated carbocycles. The van der Waals surface area contributed by atoms with Gasteiger partial charge in [0.2, 0.25) is 11.8 Å². The predicted molar refractivity (Wildman–Crippen MR) is 191 cm³/mol. The topological polar surface area (TPSA) is 76.3 Å². The molecule has 2 aliphatic rings. The Kier molecular flexibility index (Phi) is 9.51. The van der Waals surface area contributed by atoms with E-state index in [0.29, 0.717) is 19.6 Å². The molecule has 0 atom stereocenters. The Bertz CT molecular complexity index is 1860. The molecule has 0 saturated heterocycles. The number of imidazole rings is 2. The van der Waals surface area contributed by atoms with E-state index in [0.717, 1.165) is 45.3 Å². The summed E-state index contributed by atoms with van der Waals surface area (Å²) in [6, 6.07) is 12.6. The summed E-state index contributed by atoms with van der Waals surface area (Å²) in [5, 5.41) is 0. The van der Waals surface area contributed by atoms with Crippen molar-refractivity contribution in [1.29, 1.82) is 0 Å². The average Bonchev–Trinajstić information content (AvgIpc) is 3.60. The van der Waals surface area contributed by atoms with Gasteiger partial charge in [-0.15, -0.1) is 0 Å². The van der Waals surface area contributed by atoms with Crippen LogP contribution in [0.25, 0.3) is 22.5 Å². The van der Waals surface area contributed by atoms with Crippen molar-refractivity contribution < 1.29 is 18.4 Å². The van der Waals surface area contributed by atoms with E-state index in [4.69, 9.17) is 9.97 Å². The van der Waals surface area contributed by atoms with E-state index in [-0.39, 0.29) is 23.4 Å². The molecule has 4 aromatic rings. The van der Waals surface area contributed by atoms with Gasteiger partial charge in [-0.3, -0.25) is 9.59 Å². The summed E-state index contributed by atoms with van der Waals surface area (Å²) in [6.07, 6.45) is 1.99. The summed E-state index contributed by atoms with van der Waals surface area (Å²) in [7, 11) is 0. The number of carbonyl (C=O) groups is 2. The van der Waals surface area contributed by atoms with Gasteiger partial charge in [-0.1, -0.05) is 41.5 Å². The standard InChI is InChI=1S/C19H23BrFN3O.C19H24FN3O/c1-18(2,3)17(25)24-11-10-23-15(20)14(22-16(23)19(24,4)5)12-6-8-13(21)9-7-12;1-18(2,3)17(24)23-11-10-22-12-15(21-16(22)19(23,4)5)13-6-8-14(20)9-7-13/h6-9H,10-11H2,1-5H3;6-9,12H,10-11H2,1-5H3. The number of carbonyl (C=O) groups excluding carboxylic acids is 2. The highest BCUT2D eigenvalue weighted by Gasteiger charge is 2.44. The van der Waals surface area contributed by atoms with Crippen molar-refractivity contribution in [3.63, 3.8) is 0 Å². The second-order valence-electron chi connectivity index (χ2n) is 15.9. The first kappa shape index (κ1) is 36.4. The lowest BCUT2D eigenvalue weighted by atomic mass is 9.90. The molecule has 6 rings (SSSR count). The number of halogens is 3. The van der Waals surface area contributed by atoms with Crippen LogP contribution in [0, 0.1) is 22.5 Å². The van der Waals surface area contributed by atoms with Crippen LogP contribution < -0.4 is 0 Å². The summed E-state index contributed by atoms with van der Waals surface area (Å²) in [5.74, 6) is 1.42. The first-order valence-electron chi connectivity index (χ1n) is 16.6. The highest BCUT2D eigenvalue weighted by molar-refractivity contribution is 9.10. The molecule has 0 N–H and O–H groups in total. The lowest BCUT2D eigenvalue weighted by molar-refractivity contribution is -0.148. The van der Waals surface area contributed by atoms with E-state index >= 15 is 0 Å². The van der Waals surface area contributed by atoms with Gasteiger partial charge in [-0.25, -0.2) is 18.7 Å². The summed E-state index contributed by atoms with van der Waals surface area (Å²) >= 11 is 3.64. The fourth-order valence-electron chi connectivity index (χ4n) is 6.46. The molecular formula is C38H47BrF2N6O2. The number of benzene rings is 2. The molecule has 262 valence electrons. The minimum atomic E-state index is -0.524. The number of nitrogens with zero attached hydrogens (tertiary/aromatic N) is 6. The van der Waals surface area contributed by atoms with Crippen LogP contribution in [0.1, 0.15) is 80.9 Å². The smallest absolute Gasteiger partial charge is 0.228 e. The van der Waals surface area contributed by atoms with Crippen LogP contribution in [-0.4, -0.2) is 53.8 Å². The maximum atomic E-state index is 13.2. The highest BCUT2D eigenvalue weighted by atomic mass is 79.9. The largest absolute Gasteiger partial charge is 0.331 e. The van der Waals surface area contributed by atoms with Gasteiger partial charge in [-0.05, 0) is 92.2 Å². The van der Waals surface area contributed by atoms with Gasteiger partial charge in [0.05, 0.1) is 16.8 Å². The van der Waals surface area contributed by atoms with Crippen LogP contribution >= 0.6 is 15.9 Å². The fourth-order valence-corrected chi connectivity index (χ4v) is 7.12. The quantitative estimate of drug-likeness (QED) is 0.207. The molecule has 2 aromatic carbocycles. The number of rotatable bonds is 2. The van der Waals surface area contributed by atoms with Gasteiger partial charge in [0.1, 0.15) is 33.6 Å². The average molecular weight is 738 g/mol. The number of amides is 2. The van der Waals surface area contributed by atoms with Crippen LogP contribution in [0.3, 0.4) is 0 Å². The summed E-state index contributed by atoms with van der Waals surface area (Å²) < 4.78 is 31.4. The van der Waals surface area contributed by atoms with Gasteiger partial charge in [0.25, 0.3) is 0 Å². The Morgan fingerprint density at radius 3 is 1.61 bits per heavy atom. The molecule has 49 heavy (non-hydrogen) atoms. The minimum Gasteiger partial charge on any atom is -0.331 e. The number of hydrogen-bond acceptors (Lipinski definition) is 4. The Hall–Kier alpha value is -3.86. The summed E-state index contributed by atoms with van der Waals surface area (Å²) in [5.41, 5.74) is 1.43. The summed E-state index contributed by atoms with van der Waals surface area (Å²) in [6.45, 7) is 22.4. The van der Waals surface area contributed by atoms with Crippen molar-refractivity contribution in [2.45, 2.75) is 93.4 Å². The molecule has 11 heteroatoms. The third-order valence-electron chi connectivity index (χ3n) is 9.27. The van der Waals surface area contributed by atoms with Crippen molar-refractivity contribution in [2.24, 2.45) is 10.8 Å². The number of hydrogen-bond donors (Lipinski definition) is 0. The van der Waals surface area contributed by atoms with Crippen LogP contribution in [-0.2, 0) is 33.8 Å². The predicted octanol–water partition coefficient (Wildman–Crippen LogP) is 8.39. The Morgan fingerprint density at radius 1 is 0.673 bits per heavy atom. The van der Waals surface area contributed by atoms with E-state index in [9.17, 15) is 18.4 Å². The minimum absolute atomic E-state index is 0.117. The third kappa shape index (κ3) is 6.96. The lowest BCUT2D eigenvalue weighted by Gasteiger charge is -2.44. The van der Waals surface area contributed by atoms with E-state index in [1.165, 1.54) is 24.3 Å². The van der Waals surface area contributed by atoms with E-state index in [2.05, 4.69) is 25.1 Å². The van der Waals surface area contributed by atoms with Crippen LogP contribution in [0.15, 0.2) is 59.3 Å². The van der Waals surface area contributed by atoms with Crippen molar-refractivity contribution in [1.82, 2.24) is 28.9 Å². The zero-order valence-corrected chi connectivity index (χ0v) is 31.7. The van der Waals surface area contributed by atoms with E-state index in [1.807, 2.05) is 85.2 Å².